The summed E-state index contributed by atoms with van der Waals surface area (Å²) in [4.78, 5) is 14.3. The molecule has 6 nitrogen and oxygen atoms in total. The van der Waals surface area contributed by atoms with E-state index < -0.39 is 11.9 Å². The average molecular weight is 394 g/mol. The van der Waals surface area contributed by atoms with Crippen LogP contribution in [0.15, 0.2) is 24.5 Å². The standard InChI is InChI=1S/C19H21F3N4O2/c20-19(21,22)16-4-3-14(10-23-16)26-7-5-15(6-8-26)28-18-13(11-27)9-24-17(25-18)12-1-2-12/h3-4,9-10,12,15,27H,1-2,5-8,11H2. The highest BCUT2D eigenvalue weighted by Crippen LogP contribution is 2.39. The molecule has 1 N–H and O–H groups in total. The lowest BCUT2D eigenvalue weighted by molar-refractivity contribution is -0.141. The molecule has 2 fully saturated rings. The first-order chi connectivity index (χ1) is 13.4. The van der Waals surface area contributed by atoms with Crippen LogP contribution in [0.4, 0.5) is 18.9 Å². The Morgan fingerprint density at radius 1 is 1.07 bits per heavy atom. The van der Waals surface area contributed by atoms with Crippen LogP contribution in [0.3, 0.4) is 0 Å². The lowest BCUT2D eigenvalue weighted by Crippen LogP contribution is -2.38. The Labute approximate surface area is 160 Å². The van der Waals surface area contributed by atoms with E-state index in [-0.39, 0.29) is 12.7 Å². The molecule has 28 heavy (non-hydrogen) atoms. The number of aliphatic hydroxyl groups excluding tert-OH is 1. The molecule has 0 radical (unpaired) electrons. The van der Waals surface area contributed by atoms with Gasteiger partial charge in [0.05, 0.1) is 24.1 Å². The van der Waals surface area contributed by atoms with Crippen LogP contribution in [-0.2, 0) is 12.8 Å². The number of anilines is 1. The van der Waals surface area contributed by atoms with Gasteiger partial charge in [-0.15, -0.1) is 0 Å². The summed E-state index contributed by atoms with van der Waals surface area (Å²) in [6, 6.07) is 2.46. The Kier molecular flexibility index (Phi) is 5.09. The maximum atomic E-state index is 12.6. The van der Waals surface area contributed by atoms with E-state index in [0.29, 0.717) is 49.0 Å². The second kappa shape index (κ2) is 7.54. The molecule has 1 saturated carbocycles. The molecule has 2 aromatic rings. The summed E-state index contributed by atoms with van der Waals surface area (Å²) in [6.07, 6.45) is 1.96. The first kappa shape index (κ1) is 18.9. The summed E-state index contributed by atoms with van der Waals surface area (Å²) >= 11 is 0. The van der Waals surface area contributed by atoms with E-state index in [1.54, 1.807) is 6.20 Å². The first-order valence-corrected chi connectivity index (χ1v) is 9.35. The summed E-state index contributed by atoms with van der Waals surface area (Å²) in [7, 11) is 0. The third kappa shape index (κ3) is 4.19. The number of hydrogen-bond donors (Lipinski definition) is 1. The second-order valence-corrected chi connectivity index (χ2v) is 7.19. The van der Waals surface area contributed by atoms with E-state index in [2.05, 4.69) is 15.0 Å². The number of aliphatic hydroxyl groups is 1. The topological polar surface area (TPSA) is 71.4 Å². The Morgan fingerprint density at radius 3 is 2.39 bits per heavy atom. The van der Waals surface area contributed by atoms with Gasteiger partial charge in [-0.2, -0.15) is 18.2 Å². The minimum Gasteiger partial charge on any atom is -0.474 e. The van der Waals surface area contributed by atoms with Crippen LogP contribution in [0.5, 0.6) is 5.88 Å². The summed E-state index contributed by atoms with van der Waals surface area (Å²) in [5.41, 5.74) is 0.348. The fourth-order valence-corrected chi connectivity index (χ4v) is 3.28. The van der Waals surface area contributed by atoms with Crippen LogP contribution in [0, 0.1) is 0 Å². The van der Waals surface area contributed by atoms with Crippen molar-refractivity contribution in [1.82, 2.24) is 15.0 Å². The van der Waals surface area contributed by atoms with E-state index in [1.165, 1.54) is 12.3 Å². The van der Waals surface area contributed by atoms with Gasteiger partial charge in [0.2, 0.25) is 5.88 Å². The zero-order valence-corrected chi connectivity index (χ0v) is 15.2. The molecule has 3 heterocycles. The fourth-order valence-electron chi connectivity index (χ4n) is 3.28. The van der Waals surface area contributed by atoms with Crippen molar-refractivity contribution in [2.75, 3.05) is 18.0 Å². The molecular weight excluding hydrogens is 373 g/mol. The van der Waals surface area contributed by atoms with Crippen molar-refractivity contribution in [2.45, 2.75) is 50.5 Å². The van der Waals surface area contributed by atoms with E-state index in [9.17, 15) is 18.3 Å². The lowest BCUT2D eigenvalue weighted by atomic mass is 10.1. The monoisotopic (exact) mass is 394 g/mol. The van der Waals surface area contributed by atoms with Crippen molar-refractivity contribution in [3.63, 3.8) is 0 Å². The van der Waals surface area contributed by atoms with Gasteiger partial charge >= 0.3 is 6.18 Å². The zero-order chi connectivity index (χ0) is 19.7. The number of alkyl halides is 3. The molecule has 0 bridgehead atoms. The first-order valence-electron chi connectivity index (χ1n) is 9.35. The lowest BCUT2D eigenvalue weighted by Gasteiger charge is -2.33. The van der Waals surface area contributed by atoms with Gasteiger partial charge in [0, 0.05) is 38.0 Å². The zero-order valence-electron chi connectivity index (χ0n) is 15.2. The normalized spacial score (nSPS) is 18.4. The van der Waals surface area contributed by atoms with E-state index in [1.807, 2.05) is 4.90 Å². The Morgan fingerprint density at radius 2 is 1.82 bits per heavy atom. The molecule has 1 saturated heterocycles. The van der Waals surface area contributed by atoms with Gasteiger partial charge < -0.3 is 14.7 Å². The van der Waals surface area contributed by atoms with Gasteiger partial charge in [-0.25, -0.2) is 9.97 Å². The Hall–Kier alpha value is -2.42. The van der Waals surface area contributed by atoms with Crippen molar-refractivity contribution >= 4 is 5.69 Å². The third-order valence-electron chi connectivity index (χ3n) is 5.08. The molecule has 1 aliphatic carbocycles. The molecule has 2 aromatic heterocycles. The molecule has 0 atom stereocenters. The maximum Gasteiger partial charge on any atom is 0.433 e. The molecule has 0 amide bonds. The molecule has 0 aromatic carbocycles. The van der Waals surface area contributed by atoms with Crippen molar-refractivity contribution in [2.24, 2.45) is 0 Å². The number of nitrogens with zero attached hydrogens (tertiary/aromatic N) is 4. The smallest absolute Gasteiger partial charge is 0.433 e. The Bertz CT molecular complexity index is 817. The minimum absolute atomic E-state index is 0.0640. The summed E-state index contributed by atoms with van der Waals surface area (Å²) in [5.74, 6) is 1.60. The third-order valence-corrected chi connectivity index (χ3v) is 5.08. The quantitative estimate of drug-likeness (QED) is 0.839. The van der Waals surface area contributed by atoms with Crippen LogP contribution in [0.2, 0.25) is 0 Å². The van der Waals surface area contributed by atoms with Crippen LogP contribution in [-0.4, -0.2) is 39.3 Å². The highest BCUT2D eigenvalue weighted by atomic mass is 19.4. The number of ether oxygens (including phenoxy) is 1. The van der Waals surface area contributed by atoms with Crippen molar-refractivity contribution in [3.05, 3.63) is 41.6 Å². The molecule has 2 aliphatic rings. The van der Waals surface area contributed by atoms with Gasteiger partial charge in [0.15, 0.2) is 0 Å². The highest BCUT2D eigenvalue weighted by molar-refractivity contribution is 5.45. The number of piperidine rings is 1. The fraction of sp³-hybridized carbons (Fsp3) is 0.526. The van der Waals surface area contributed by atoms with E-state index in [4.69, 9.17) is 4.74 Å². The molecule has 0 unspecified atom stereocenters. The van der Waals surface area contributed by atoms with E-state index in [0.717, 1.165) is 24.7 Å². The van der Waals surface area contributed by atoms with Crippen molar-refractivity contribution in [3.8, 4) is 5.88 Å². The number of aromatic nitrogens is 3. The molecule has 1 aliphatic heterocycles. The van der Waals surface area contributed by atoms with Crippen molar-refractivity contribution in [1.29, 1.82) is 0 Å². The predicted octanol–water partition coefficient (Wildman–Crippen LogP) is 3.31. The minimum atomic E-state index is -4.43. The highest BCUT2D eigenvalue weighted by Gasteiger charge is 2.32. The van der Waals surface area contributed by atoms with Crippen LogP contribution in [0.1, 0.15) is 48.7 Å². The van der Waals surface area contributed by atoms with Crippen molar-refractivity contribution < 1.29 is 23.0 Å². The largest absolute Gasteiger partial charge is 0.474 e. The molecule has 150 valence electrons. The Balaban J connectivity index is 1.37. The number of hydrogen-bond acceptors (Lipinski definition) is 6. The van der Waals surface area contributed by atoms with Crippen LogP contribution < -0.4 is 9.64 Å². The number of halogens is 3. The van der Waals surface area contributed by atoms with Gasteiger partial charge in [-0.05, 0) is 25.0 Å². The van der Waals surface area contributed by atoms with Gasteiger partial charge in [-0.3, -0.25) is 0 Å². The summed E-state index contributed by atoms with van der Waals surface area (Å²) < 4.78 is 44.0. The predicted molar refractivity (Wildman–Crippen MR) is 95.0 cm³/mol. The van der Waals surface area contributed by atoms with Gasteiger partial charge in [-0.1, -0.05) is 0 Å². The SMILES string of the molecule is OCc1cnc(C2CC2)nc1OC1CCN(c2ccc(C(F)(F)F)nc2)CC1. The summed E-state index contributed by atoms with van der Waals surface area (Å²) in [5, 5.41) is 9.51. The second-order valence-electron chi connectivity index (χ2n) is 7.19. The molecular formula is C19H21F3N4O2. The maximum absolute atomic E-state index is 12.6. The number of pyridine rings is 1. The van der Waals surface area contributed by atoms with Gasteiger partial charge in [0.1, 0.15) is 17.6 Å². The molecule has 0 spiro atoms. The molecule has 9 heteroatoms. The number of rotatable bonds is 5. The molecule has 4 rings (SSSR count). The van der Waals surface area contributed by atoms with Crippen LogP contribution in [0.25, 0.3) is 0 Å². The van der Waals surface area contributed by atoms with Gasteiger partial charge in [0.25, 0.3) is 0 Å². The van der Waals surface area contributed by atoms with E-state index >= 15 is 0 Å². The summed E-state index contributed by atoms with van der Waals surface area (Å²) in [6.45, 7) is 1.11. The average Bonchev–Trinajstić information content (AvgIpc) is 3.53. The van der Waals surface area contributed by atoms with Crippen LogP contribution >= 0.6 is 0 Å².